The minimum absolute atomic E-state index is 0.115. The van der Waals surface area contributed by atoms with Crippen molar-refractivity contribution in [2.45, 2.75) is 43.2 Å². The molecule has 0 radical (unpaired) electrons. The predicted octanol–water partition coefficient (Wildman–Crippen LogP) is 3.51. The molecule has 0 bridgehead atoms. The molecule has 2 heterocycles. The van der Waals surface area contributed by atoms with Gasteiger partial charge in [0.2, 0.25) is 15.9 Å². The average Bonchev–Trinajstić information content (AvgIpc) is 3.51. The maximum Gasteiger partial charge on any atom is 0.263 e. The molecule has 2 aliphatic rings. The number of anilines is 1. The Bertz CT molecular complexity index is 1390. The summed E-state index contributed by atoms with van der Waals surface area (Å²) < 4.78 is 33.0. The van der Waals surface area contributed by atoms with E-state index in [1.807, 2.05) is 48.5 Å². The van der Waals surface area contributed by atoms with Gasteiger partial charge in [-0.15, -0.1) is 0 Å². The highest BCUT2D eigenvalue weighted by molar-refractivity contribution is 7.89. The van der Waals surface area contributed by atoms with Crippen LogP contribution in [0.2, 0.25) is 0 Å². The van der Waals surface area contributed by atoms with E-state index in [-0.39, 0.29) is 29.7 Å². The van der Waals surface area contributed by atoms with Crippen molar-refractivity contribution in [2.75, 3.05) is 24.5 Å². The average molecular weight is 534 g/mol. The van der Waals surface area contributed by atoms with Crippen LogP contribution in [-0.4, -0.2) is 50.3 Å². The number of ether oxygens (including phenoxy) is 1. The van der Waals surface area contributed by atoms with Crippen molar-refractivity contribution in [1.29, 1.82) is 0 Å². The molecule has 2 aliphatic heterocycles. The van der Waals surface area contributed by atoms with Crippen LogP contribution in [0.4, 0.5) is 5.69 Å². The third-order valence-electron chi connectivity index (χ3n) is 6.93. The summed E-state index contributed by atoms with van der Waals surface area (Å²) in [6.07, 6.45) is 1.62. The van der Waals surface area contributed by atoms with Crippen molar-refractivity contribution in [1.82, 2.24) is 9.62 Å². The van der Waals surface area contributed by atoms with E-state index in [1.165, 1.54) is 4.31 Å². The van der Waals surface area contributed by atoms with E-state index in [9.17, 15) is 18.0 Å². The number of hydrogen-bond donors (Lipinski definition) is 1. The number of amides is 2. The molecular formula is C29H31N3O5S. The number of fused-ring (bicyclic) bond motifs is 1. The van der Waals surface area contributed by atoms with Gasteiger partial charge < -0.3 is 15.0 Å². The summed E-state index contributed by atoms with van der Waals surface area (Å²) in [6.45, 7) is 1.61. The van der Waals surface area contributed by atoms with Crippen LogP contribution in [0.5, 0.6) is 5.75 Å². The first-order chi connectivity index (χ1) is 18.4. The minimum atomic E-state index is -3.47. The van der Waals surface area contributed by atoms with E-state index in [0.29, 0.717) is 37.5 Å². The first kappa shape index (κ1) is 25.9. The number of rotatable bonds is 8. The van der Waals surface area contributed by atoms with Gasteiger partial charge in [-0.1, -0.05) is 54.6 Å². The highest BCUT2D eigenvalue weighted by atomic mass is 32.2. The number of aryl methyl sites for hydroxylation is 1. The van der Waals surface area contributed by atoms with Gasteiger partial charge in [0, 0.05) is 26.1 Å². The van der Waals surface area contributed by atoms with Crippen molar-refractivity contribution in [3.8, 4) is 5.75 Å². The van der Waals surface area contributed by atoms with Crippen LogP contribution in [0.15, 0.2) is 83.8 Å². The second-order valence-electron chi connectivity index (χ2n) is 9.54. The van der Waals surface area contributed by atoms with Crippen LogP contribution in [-0.2, 0) is 32.6 Å². The highest BCUT2D eigenvalue weighted by Gasteiger charge is 2.33. The Morgan fingerprint density at radius 1 is 0.868 bits per heavy atom. The second-order valence-corrected chi connectivity index (χ2v) is 11.5. The zero-order valence-electron chi connectivity index (χ0n) is 21.1. The molecular weight excluding hydrogens is 502 g/mol. The predicted molar refractivity (Wildman–Crippen MR) is 144 cm³/mol. The maximum atomic E-state index is 13.3. The van der Waals surface area contributed by atoms with Gasteiger partial charge in [0.1, 0.15) is 5.75 Å². The molecule has 5 rings (SSSR count). The number of nitrogens with zero attached hydrogens (tertiary/aromatic N) is 2. The normalized spacial score (nSPS) is 17.5. The van der Waals surface area contributed by atoms with Crippen LogP contribution in [0, 0.1) is 0 Å². The van der Waals surface area contributed by atoms with E-state index < -0.39 is 16.1 Å². The van der Waals surface area contributed by atoms with Crippen molar-refractivity contribution < 1.29 is 22.7 Å². The summed E-state index contributed by atoms with van der Waals surface area (Å²) in [7, 11) is -3.47. The molecule has 1 unspecified atom stereocenters. The molecule has 38 heavy (non-hydrogen) atoms. The number of carbonyl (C=O) groups is 2. The molecule has 1 fully saturated rings. The molecule has 2 amide bonds. The van der Waals surface area contributed by atoms with Gasteiger partial charge in [0.25, 0.3) is 5.91 Å². The Labute approximate surface area is 223 Å². The van der Waals surface area contributed by atoms with Gasteiger partial charge in [0.05, 0.1) is 17.1 Å². The van der Waals surface area contributed by atoms with Crippen LogP contribution in [0.3, 0.4) is 0 Å². The Morgan fingerprint density at radius 3 is 2.29 bits per heavy atom. The molecule has 8 nitrogen and oxygen atoms in total. The summed E-state index contributed by atoms with van der Waals surface area (Å²) in [5.41, 5.74) is 2.48. The number of sulfonamides is 1. The fourth-order valence-corrected chi connectivity index (χ4v) is 6.31. The molecule has 3 aromatic carbocycles. The van der Waals surface area contributed by atoms with Crippen molar-refractivity contribution >= 4 is 27.5 Å². The smallest absolute Gasteiger partial charge is 0.263 e. The molecule has 1 atom stereocenters. The van der Waals surface area contributed by atoms with Crippen molar-refractivity contribution in [3.63, 3.8) is 0 Å². The fraction of sp³-hybridized carbons (Fsp3) is 0.310. The van der Waals surface area contributed by atoms with E-state index in [1.54, 1.807) is 35.2 Å². The molecule has 198 valence electrons. The number of para-hydroxylation sites is 2. The van der Waals surface area contributed by atoms with Crippen LogP contribution in [0.25, 0.3) is 0 Å². The number of benzene rings is 3. The molecule has 9 heteroatoms. The largest absolute Gasteiger partial charge is 0.477 e. The van der Waals surface area contributed by atoms with Gasteiger partial charge in [0.15, 0.2) is 6.10 Å². The number of nitrogens with one attached hydrogen (secondary N) is 1. The molecule has 1 N–H and O–H groups in total. The van der Waals surface area contributed by atoms with Crippen molar-refractivity contribution in [2.24, 2.45) is 0 Å². The molecule has 0 saturated carbocycles. The van der Waals surface area contributed by atoms with Gasteiger partial charge >= 0.3 is 0 Å². The summed E-state index contributed by atoms with van der Waals surface area (Å²) >= 11 is 0. The number of carbonyl (C=O) groups excluding carboxylic acids is 2. The van der Waals surface area contributed by atoms with E-state index >= 15 is 0 Å². The van der Waals surface area contributed by atoms with E-state index in [0.717, 1.165) is 24.0 Å². The van der Waals surface area contributed by atoms with Crippen LogP contribution < -0.4 is 15.0 Å². The zero-order valence-corrected chi connectivity index (χ0v) is 21.9. The second kappa shape index (κ2) is 11.4. The quantitative estimate of drug-likeness (QED) is 0.478. The fourth-order valence-electron chi connectivity index (χ4n) is 4.80. The molecule has 0 aromatic heterocycles. The molecule has 0 spiro atoms. The zero-order chi connectivity index (χ0) is 26.5. The summed E-state index contributed by atoms with van der Waals surface area (Å²) in [5.74, 6) is 0.0785. The SMILES string of the molecule is O=C(NCc1ccccc1)C1CN(C(=O)CCc2ccc(S(=O)(=O)N3CCCC3)cc2)c2ccccc2O1. The lowest BCUT2D eigenvalue weighted by Gasteiger charge is -2.34. The molecule has 1 saturated heterocycles. The Hall–Kier alpha value is -3.69. The number of hydrogen-bond acceptors (Lipinski definition) is 5. The van der Waals surface area contributed by atoms with Crippen LogP contribution in [0.1, 0.15) is 30.4 Å². The Kier molecular flexibility index (Phi) is 7.76. The van der Waals surface area contributed by atoms with Gasteiger partial charge in [-0.3, -0.25) is 9.59 Å². The van der Waals surface area contributed by atoms with E-state index in [2.05, 4.69) is 5.32 Å². The summed E-state index contributed by atoms with van der Waals surface area (Å²) in [5, 5.41) is 2.90. The third kappa shape index (κ3) is 5.74. The third-order valence-corrected chi connectivity index (χ3v) is 8.84. The first-order valence-electron chi connectivity index (χ1n) is 12.9. The van der Waals surface area contributed by atoms with Gasteiger partial charge in [-0.05, 0) is 54.7 Å². The Balaban J connectivity index is 1.23. The lowest BCUT2D eigenvalue weighted by Crippen LogP contribution is -2.50. The maximum absolute atomic E-state index is 13.3. The topological polar surface area (TPSA) is 96.0 Å². The summed E-state index contributed by atoms with van der Waals surface area (Å²) in [4.78, 5) is 28.1. The monoisotopic (exact) mass is 533 g/mol. The Morgan fingerprint density at radius 2 is 1.55 bits per heavy atom. The van der Waals surface area contributed by atoms with Crippen molar-refractivity contribution in [3.05, 3.63) is 90.0 Å². The lowest BCUT2D eigenvalue weighted by atomic mass is 10.1. The highest BCUT2D eigenvalue weighted by Crippen LogP contribution is 2.34. The first-order valence-corrected chi connectivity index (χ1v) is 14.3. The lowest BCUT2D eigenvalue weighted by molar-refractivity contribution is -0.128. The van der Waals surface area contributed by atoms with Gasteiger partial charge in [-0.2, -0.15) is 4.31 Å². The molecule has 0 aliphatic carbocycles. The van der Waals surface area contributed by atoms with Crippen LogP contribution >= 0.6 is 0 Å². The summed E-state index contributed by atoms with van der Waals surface area (Å²) in [6, 6.07) is 23.6. The minimum Gasteiger partial charge on any atom is -0.477 e. The van der Waals surface area contributed by atoms with E-state index in [4.69, 9.17) is 4.74 Å². The van der Waals surface area contributed by atoms with Gasteiger partial charge in [-0.25, -0.2) is 8.42 Å². The molecule has 3 aromatic rings. The standard InChI is InChI=1S/C29H31N3O5S/c33-28(17-14-22-12-15-24(16-13-22)38(35,36)31-18-6-7-19-31)32-21-27(37-26-11-5-4-10-25(26)32)29(34)30-20-23-8-2-1-3-9-23/h1-5,8-13,15-16,27H,6-7,14,17-21H2,(H,30,34).